The summed E-state index contributed by atoms with van der Waals surface area (Å²) in [5, 5.41) is 13.1. The summed E-state index contributed by atoms with van der Waals surface area (Å²) in [4.78, 5) is 14.3. The third kappa shape index (κ3) is 3.98. The summed E-state index contributed by atoms with van der Waals surface area (Å²) in [6.07, 6.45) is 3.90. The molecule has 0 bridgehead atoms. The molecule has 0 aromatic heterocycles. The molecule has 1 atom stereocenters. The number of benzene rings is 1. The molecule has 0 radical (unpaired) electrons. The second-order valence-electron chi connectivity index (χ2n) is 7.33. The van der Waals surface area contributed by atoms with Crippen LogP contribution in [0, 0.1) is 11.7 Å². The SMILES string of the molecule is CC(C)(O)C1CCCN1C(=O)Nc1ccc(F)cc1OCC1CC1. The number of carbonyl (C=O) groups is 1. The van der Waals surface area contributed by atoms with Crippen LogP contribution in [0.5, 0.6) is 5.75 Å². The van der Waals surface area contributed by atoms with Crippen LogP contribution in [-0.4, -0.2) is 40.8 Å². The molecule has 1 aromatic carbocycles. The van der Waals surface area contributed by atoms with Crippen LogP contribution in [0.2, 0.25) is 0 Å². The molecular weight excluding hydrogens is 311 g/mol. The van der Waals surface area contributed by atoms with Crippen LogP contribution >= 0.6 is 0 Å². The van der Waals surface area contributed by atoms with Crippen molar-refractivity contribution in [2.45, 2.75) is 51.2 Å². The van der Waals surface area contributed by atoms with E-state index in [1.54, 1.807) is 18.7 Å². The predicted octanol–water partition coefficient (Wildman–Crippen LogP) is 3.38. The van der Waals surface area contributed by atoms with Gasteiger partial charge < -0.3 is 20.1 Å². The number of hydrogen-bond acceptors (Lipinski definition) is 3. The molecule has 2 aliphatic rings. The summed E-state index contributed by atoms with van der Waals surface area (Å²) in [6, 6.07) is 3.60. The van der Waals surface area contributed by atoms with Gasteiger partial charge in [-0.25, -0.2) is 9.18 Å². The number of nitrogens with zero attached hydrogens (tertiary/aromatic N) is 1. The number of anilines is 1. The van der Waals surface area contributed by atoms with Crippen molar-refractivity contribution in [3.8, 4) is 5.75 Å². The van der Waals surface area contributed by atoms with Gasteiger partial charge in [0, 0.05) is 12.6 Å². The third-order valence-corrected chi connectivity index (χ3v) is 4.69. The second kappa shape index (κ2) is 6.59. The Bertz CT molecular complexity index is 611. The Balaban J connectivity index is 1.71. The Kier molecular flexibility index (Phi) is 4.67. The molecule has 1 saturated heterocycles. The van der Waals surface area contributed by atoms with E-state index in [4.69, 9.17) is 4.74 Å². The number of carbonyl (C=O) groups excluding carboxylic acids is 1. The molecule has 1 aliphatic carbocycles. The summed E-state index contributed by atoms with van der Waals surface area (Å²) in [6.45, 7) is 4.57. The van der Waals surface area contributed by atoms with Gasteiger partial charge in [0.25, 0.3) is 0 Å². The zero-order valence-electron chi connectivity index (χ0n) is 14.2. The standard InChI is InChI=1S/C18H25FN2O3/c1-18(2,23)16-4-3-9-21(16)17(22)20-14-8-7-13(19)10-15(14)24-11-12-5-6-12/h7-8,10,12,16,23H,3-6,9,11H2,1-2H3,(H,20,22). The van der Waals surface area contributed by atoms with E-state index in [9.17, 15) is 14.3 Å². The maximum absolute atomic E-state index is 13.5. The summed E-state index contributed by atoms with van der Waals surface area (Å²) < 4.78 is 19.2. The van der Waals surface area contributed by atoms with E-state index in [2.05, 4.69) is 5.32 Å². The second-order valence-corrected chi connectivity index (χ2v) is 7.33. The summed E-state index contributed by atoms with van der Waals surface area (Å²) >= 11 is 0. The molecule has 1 aliphatic heterocycles. The smallest absolute Gasteiger partial charge is 0.322 e. The minimum absolute atomic E-state index is 0.228. The Hall–Kier alpha value is -1.82. The zero-order valence-corrected chi connectivity index (χ0v) is 14.2. The molecule has 1 unspecified atom stereocenters. The van der Waals surface area contributed by atoms with E-state index in [1.807, 2.05) is 0 Å². The van der Waals surface area contributed by atoms with E-state index in [0.717, 1.165) is 25.7 Å². The van der Waals surface area contributed by atoms with Crippen molar-refractivity contribution in [2.24, 2.45) is 5.92 Å². The highest BCUT2D eigenvalue weighted by Gasteiger charge is 2.38. The Morgan fingerprint density at radius 2 is 2.17 bits per heavy atom. The lowest BCUT2D eigenvalue weighted by atomic mass is 9.97. The molecule has 24 heavy (non-hydrogen) atoms. The van der Waals surface area contributed by atoms with Crippen LogP contribution in [0.25, 0.3) is 0 Å². The van der Waals surface area contributed by atoms with Crippen LogP contribution in [-0.2, 0) is 0 Å². The van der Waals surface area contributed by atoms with E-state index in [0.29, 0.717) is 30.5 Å². The minimum atomic E-state index is -0.956. The Labute approximate surface area is 141 Å². The van der Waals surface area contributed by atoms with E-state index < -0.39 is 11.4 Å². The van der Waals surface area contributed by atoms with Crippen LogP contribution in [0.4, 0.5) is 14.9 Å². The predicted molar refractivity (Wildman–Crippen MR) is 89.7 cm³/mol. The largest absolute Gasteiger partial charge is 0.491 e. The fourth-order valence-corrected chi connectivity index (χ4v) is 3.14. The monoisotopic (exact) mass is 336 g/mol. The average Bonchev–Trinajstić information content (AvgIpc) is 3.18. The first-order valence-corrected chi connectivity index (χ1v) is 8.57. The van der Waals surface area contributed by atoms with Crippen molar-refractivity contribution in [1.82, 2.24) is 4.90 Å². The van der Waals surface area contributed by atoms with Gasteiger partial charge in [0.2, 0.25) is 0 Å². The van der Waals surface area contributed by atoms with Gasteiger partial charge in [-0.3, -0.25) is 0 Å². The van der Waals surface area contributed by atoms with E-state index in [-0.39, 0.29) is 12.1 Å². The maximum Gasteiger partial charge on any atom is 0.322 e. The lowest BCUT2D eigenvalue weighted by Crippen LogP contribution is -2.49. The van der Waals surface area contributed by atoms with Crippen molar-refractivity contribution in [3.63, 3.8) is 0 Å². The summed E-state index contributed by atoms with van der Waals surface area (Å²) in [5.41, 5.74) is -0.495. The van der Waals surface area contributed by atoms with Gasteiger partial charge in [-0.2, -0.15) is 0 Å². The fraction of sp³-hybridized carbons (Fsp3) is 0.611. The molecule has 2 fully saturated rings. The van der Waals surface area contributed by atoms with Crippen molar-refractivity contribution >= 4 is 11.7 Å². The number of halogens is 1. The molecule has 0 spiro atoms. The van der Waals surface area contributed by atoms with Crippen LogP contribution in [0.3, 0.4) is 0 Å². The van der Waals surface area contributed by atoms with Gasteiger partial charge in [0.05, 0.1) is 23.9 Å². The van der Waals surface area contributed by atoms with Gasteiger partial charge >= 0.3 is 6.03 Å². The number of aliphatic hydroxyl groups is 1. The molecule has 1 aromatic rings. The number of hydrogen-bond donors (Lipinski definition) is 2. The quantitative estimate of drug-likeness (QED) is 0.866. The van der Waals surface area contributed by atoms with Crippen molar-refractivity contribution < 1.29 is 19.0 Å². The number of rotatable bonds is 5. The van der Waals surface area contributed by atoms with E-state index in [1.165, 1.54) is 18.2 Å². The van der Waals surface area contributed by atoms with Gasteiger partial charge in [0.1, 0.15) is 11.6 Å². The number of likely N-dealkylation sites (tertiary alicyclic amines) is 1. The highest BCUT2D eigenvalue weighted by Crippen LogP contribution is 2.33. The minimum Gasteiger partial charge on any atom is -0.491 e. The lowest BCUT2D eigenvalue weighted by Gasteiger charge is -2.33. The highest BCUT2D eigenvalue weighted by atomic mass is 19.1. The molecule has 2 N–H and O–H groups in total. The molecule has 1 saturated carbocycles. The summed E-state index contributed by atoms with van der Waals surface area (Å²) in [7, 11) is 0. The van der Waals surface area contributed by atoms with Gasteiger partial charge in [0.15, 0.2) is 0 Å². The number of amides is 2. The third-order valence-electron chi connectivity index (χ3n) is 4.69. The number of urea groups is 1. The van der Waals surface area contributed by atoms with Gasteiger partial charge in [-0.05, 0) is 57.6 Å². The van der Waals surface area contributed by atoms with Crippen molar-refractivity contribution in [3.05, 3.63) is 24.0 Å². The Morgan fingerprint density at radius 1 is 1.42 bits per heavy atom. The molecule has 1 heterocycles. The first-order chi connectivity index (χ1) is 11.3. The number of ether oxygens (including phenoxy) is 1. The topological polar surface area (TPSA) is 61.8 Å². The fourth-order valence-electron chi connectivity index (χ4n) is 3.14. The van der Waals surface area contributed by atoms with Crippen LogP contribution in [0.15, 0.2) is 18.2 Å². The molecule has 6 heteroatoms. The van der Waals surface area contributed by atoms with Gasteiger partial charge in [-0.1, -0.05) is 0 Å². The van der Waals surface area contributed by atoms with Crippen molar-refractivity contribution in [1.29, 1.82) is 0 Å². The average molecular weight is 336 g/mol. The number of nitrogens with one attached hydrogen (secondary N) is 1. The normalized spacial score (nSPS) is 21.0. The molecule has 132 valence electrons. The van der Waals surface area contributed by atoms with Crippen molar-refractivity contribution in [2.75, 3.05) is 18.5 Å². The lowest BCUT2D eigenvalue weighted by molar-refractivity contribution is 0.0117. The first-order valence-electron chi connectivity index (χ1n) is 8.57. The first kappa shape index (κ1) is 17.0. The van der Waals surface area contributed by atoms with E-state index >= 15 is 0 Å². The molecule has 2 amide bonds. The molecule has 5 nitrogen and oxygen atoms in total. The zero-order chi connectivity index (χ0) is 17.3. The maximum atomic E-state index is 13.5. The highest BCUT2D eigenvalue weighted by molar-refractivity contribution is 5.91. The van der Waals surface area contributed by atoms with Crippen LogP contribution < -0.4 is 10.1 Å². The summed E-state index contributed by atoms with van der Waals surface area (Å²) in [5.74, 6) is 0.499. The Morgan fingerprint density at radius 3 is 2.83 bits per heavy atom. The van der Waals surface area contributed by atoms with Gasteiger partial charge in [-0.15, -0.1) is 0 Å². The molecular formula is C18H25FN2O3. The molecule has 3 rings (SSSR count). The van der Waals surface area contributed by atoms with Crippen LogP contribution in [0.1, 0.15) is 39.5 Å².